The number of carbonyl (C=O) groups excluding carboxylic acids is 1. The Hall–Kier alpha value is -3.30. The van der Waals surface area contributed by atoms with Crippen molar-refractivity contribution in [3.05, 3.63) is 75.5 Å². The van der Waals surface area contributed by atoms with Crippen molar-refractivity contribution in [2.45, 2.75) is 13.1 Å². The van der Waals surface area contributed by atoms with E-state index in [-0.39, 0.29) is 16.4 Å². The molecule has 0 atom stereocenters. The van der Waals surface area contributed by atoms with Crippen LogP contribution in [0.3, 0.4) is 0 Å². The van der Waals surface area contributed by atoms with Gasteiger partial charge in [-0.1, -0.05) is 41.4 Å². The van der Waals surface area contributed by atoms with Crippen LogP contribution in [0.5, 0.6) is 5.75 Å². The summed E-state index contributed by atoms with van der Waals surface area (Å²) in [6.07, 6.45) is -4.79. The maximum Gasteiger partial charge on any atom is 0.433 e. The summed E-state index contributed by atoms with van der Waals surface area (Å²) in [6, 6.07) is 12.1. The summed E-state index contributed by atoms with van der Waals surface area (Å²) in [6.45, 7) is 1.69. The quantitative estimate of drug-likeness (QED) is 0.361. The van der Waals surface area contributed by atoms with Gasteiger partial charge in [0.15, 0.2) is 17.0 Å². The second kappa shape index (κ2) is 8.57. The van der Waals surface area contributed by atoms with Crippen molar-refractivity contribution in [3.63, 3.8) is 0 Å². The predicted octanol–water partition coefficient (Wildman–Crippen LogP) is 6.29. The van der Waals surface area contributed by atoms with Crippen LogP contribution in [0.25, 0.3) is 16.9 Å². The average molecular weight is 495 g/mol. The number of carbonyl (C=O) groups is 1. The molecule has 0 saturated heterocycles. The first-order valence-corrected chi connectivity index (χ1v) is 10.2. The van der Waals surface area contributed by atoms with E-state index in [1.54, 1.807) is 49.4 Å². The third-order valence-corrected chi connectivity index (χ3v) is 5.68. The summed E-state index contributed by atoms with van der Waals surface area (Å²) in [5, 5.41) is 6.50. The third kappa shape index (κ3) is 4.34. The average Bonchev–Trinajstić information content (AvgIpc) is 3.12. The van der Waals surface area contributed by atoms with Crippen LogP contribution in [0.4, 0.5) is 18.9 Å². The number of methoxy groups -OCH3 is 1. The van der Waals surface area contributed by atoms with E-state index in [0.717, 1.165) is 6.07 Å². The van der Waals surface area contributed by atoms with E-state index in [1.165, 1.54) is 7.11 Å². The maximum atomic E-state index is 13.9. The van der Waals surface area contributed by atoms with E-state index in [1.807, 2.05) is 0 Å². The molecule has 1 amide bonds. The van der Waals surface area contributed by atoms with Gasteiger partial charge in [0, 0.05) is 16.3 Å². The molecule has 0 spiro atoms. The molecule has 2 aromatic heterocycles. The van der Waals surface area contributed by atoms with E-state index >= 15 is 0 Å². The molecule has 0 bridgehead atoms. The minimum absolute atomic E-state index is 0.00633. The fourth-order valence-electron chi connectivity index (χ4n) is 3.19. The van der Waals surface area contributed by atoms with Crippen LogP contribution in [0.15, 0.2) is 48.5 Å². The van der Waals surface area contributed by atoms with Crippen molar-refractivity contribution in [1.82, 2.24) is 14.6 Å². The number of nitrogens with zero attached hydrogens (tertiary/aromatic N) is 3. The normalized spacial score (nSPS) is 11.6. The molecule has 0 radical (unpaired) electrons. The van der Waals surface area contributed by atoms with Gasteiger partial charge in [0.05, 0.1) is 12.8 Å². The highest BCUT2D eigenvalue weighted by atomic mass is 35.5. The molecule has 0 aliphatic rings. The molecular weight excluding hydrogens is 480 g/mol. The molecule has 170 valence electrons. The second-order valence-electron chi connectivity index (χ2n) is 7.02. The Morgan fingerprint density at radius 2 is 1.85 bits per heavy atom. The number of halogens is 5. The van der Waals surface area contributed by atoms with Crippen molar-refractivity contribution in [1.29, 1.82) is 0 Å². The summed E-state index contributed by atoms with van der Waals surface area (Å²) in [5.74, 6) is -0.355. The van der Waals surface area contributed by atoms with E-state index in [0.29, 0.717) is 32.1 Å². The molecule has 4 aromatic rings. The number of rotatable bonds is 4. The standard InChI is InChI=1S/C22H15Cl2F3N4O2/c1-11-14(23)7-4-8-15(11)29-21(32)19-18(24)20-28-16(12-5-3-6-13(9-12)33-2)10-17(22(25,26)27)31(20)30-19/h3-10H,1-2H3,(H,29,32). The van der Waals surface area contributed by atoms with Gasteiger partial charge in [-0.05, 0) is 42.8 Å². The zero-order chi connectivity index (χ0) is 23.9. The first-order valence-electron chi connectivity index (χ1n) is 9.47. The highest BCUT2D eigenvalue weighted by Gasteiger charge is 2.36. The van der Waals surface area contributed by atoms with Crippen LogP contribution < -0.4 is 10.1 Å². The molecule has 0 unspecified atom stereocenters. The Morgan fingerprint density at radius 3 is 2.55 bits per heavy atom. The fourth-order valence-corrected chi connectivity index (χ4v) is 3.61. The lowest BCUT2D eigenvalue weighted by Gasteiger charge is -2.11. The molecule has 0 fully saturated rings. The van der Waals surface area contributed by atoms with Crippen molar-refractivity contribution in [2.24, 2.45) is 0 Å². The van der Waals surface area contributed by atoms with Crippen LogP contribution in [0.2, 0.25) is 10.0 Å². The molecule has 4 rings (SSSR count). The van der Waals surface area contributed by atoms with Gasteiger partial charge >= 0.3 is 6.18 Å². The number of aromatic nitrogens is 3. The Bertz CT molecular complexity index is 1390. The Kier molecular flexibility index (Phi) is 5.94. The lowest BCUT2D eigenvalue weighted by Crippen LogP contribution is -2.16. The van der Waals surface area contributed by atoms with Gasteiger partial charge in [0.25, 0.3) is 5.91 Å². The minimum atomic E-state index is -4.79. The van der Waals surface area contributed by atoms with Gasteiger partial charge in [0.1, 0.15) is 10.8 Å². The smallest absolute Gasteiger partial charge is 0.433 e. The summed E-state index contributed by atoms with van der Waals surface area (Å²) >= 11 is 12.4. The molecule has 0 aliphatic heterocycles. The summed E-state index contributed by atoms with van der Waals surface area (Å²) in [5.41, 5.74) is -0.517. The van der Waals surface area contributed by atoms with Crippen molar-refractivity contribution < 1.29 is 22.7 Å². The van der Waals surface area contributed by atoms with Crippen molar-refractivity contribution in [2.75, 3.05) is 12.4 Å². The fraction of sp³-hybridized carbons (Fsp3) is 0.136. The van der Waals surface area contributed by atoms with E-state index in [9.17, 15) is 18.0 Å². The number of anilines is 1. The van der Waals surface area contributed by atoms with Crippen LogP contribution in [0.1, 0.15) is 21.7 Å². The van der Waals surface area contributed by atoms with Crippen LogP contribution >= 0.6 is 23.2 Å². The molecule has 1 N–H and O–H groups in total. The van der Waals surface area contributed by atoms with E-state index < -0.39 is 23.5 Å². The number of fused-ring (bicyclic) bond motifs is 1. The van der Waals surface area contributed by atoms with Gasteiger partial charge in [-0.2, -0.15) is 18.3 Å². The molecule has 0 saturated carbocycles. The number of hydrogen-bond donors (Lipinski definition) is 1. The van der Waals surface area contributed by atoms with Gasteiger partial charge in [-0.3, -0.25) is 4.79 Å². The van der Waals surface area contributed by atoms with Gasteiger partial charge in [-0.25, -0.2) is 9.50 Å². The molecule has 2 aromatic carbocycles. The highest BCUT2D eigenvalue weighted by molar-refractivity contribution is 6.37. The number of benzene rings is 2. The number of hydrogen-bond acceptors (Lipinski definition) is 4. The first kappa shape index (κ1) is 22.9. The van der Waals surface area contributed by atoms with Crippen molar-refractivity contribution in [3.8, 4) is 17.0 Å². The Balaban J connectivity index is 1.86. The molecule has 2 heterocycles. The Labute approximate surface area is 195 Å². The number of ether oxygens (including phenoxy) is 1. The summed E-state index contributed by atoms with van der Waals surface area (Å²) < 4.78 is 47.3. The maximum absolute atomic E-state index is 13.9. The van der Waals surface area contributed by atoms with Crippen LogP contribution in [-0.4, -0.2) is 27.6 Å². The molecule has 11 heteroatoms. The van der Waals surface area contributed by atoms with Gasteiger partial charge < -0.3 is 10.1 Å². The Morgan fingerprint density at radius 1 is 1.12 bits per heavy atom. The van der Waals surface area contributed by atoms with E-state index in [2.05, 4.69) is 15.4 Å². The van der Waals surface area contributed by atoms with Crippen LogP contribution in [-0.2, 0) is 6.18 Å². The summed E-state index contributed by atoms with van der Waals surface area (Å²) in [4.78, 5) is 17.1. The van der Waals surface area contributed by atoms with Crippen LogP contribution in [0, 0.1) is 6.92 Å². The first-order chi connectivity index (χ1) is 15.6. The van der Waals surface area contributed by atoms with Gasteiger partial charge in [0.2, 0.25) is 0 Å². The van der Waals surface area contributed by atoms with Crippen molar-refractivity contribution >= 4 is 40.4 Å². The topological polar surface area (TPSA) is 68.5 Å². The van der Waals surface area contributed by atoms with E-state index in [4.69, 9.17) is 27.9 Å². The summed E-state index contributed by atoms with van der Waals surface area (Å²) in [7, 11) is 1.44. The molecular formula is C22H15Cl2F3N4O2. The lowest BCUT2D eigenvalue weighted by atomic mass is 10.1. The highest BCUT2D eigenvalue weighted by Crippen LogP contribution is 2.35. The molecule has 0 aliphatic carbocycles. The van der Waals surface area contributed by atoms with Gasteiger partial charge in [-0.15, -0.1) is 0 Å². The zero-order valence-electron chi connectivity index (χ0n) is 17.2. The zero-order valence-corrected chi connectivity index (χ0v) is 18.7. The third-order valence-electron chi connectivity index (χ3n) is 4.92. The number of alkyl halides is 3. The molecule has 6 nitrogen and oxygen atoms in total. The number of amides is 1. The molecule has 33 heavy (non-hydrogen) atoms. The predicted molar refractivity (Wildman–Crippen MR) is 119 cm³/mol. The SMILES string of the molecule is COc1cccc(-c2cc(C(F)(F)F)n3nc(C(=O)Nc4cccc(Cl)c4C)c(Cl)c3n2)c1. The monoisotopic (exact) mass is 494 g/mol. The number of nitrogens with one attached hydrogen (secondary N) is 1. The lowest BCUT2D eigenvalue weighted by molar-refractivity contribution is -0.142. The minimum Gasteiger partial charge on any atom is -0.497 e. The largest absolute Gasteiger partial charge is 0.497 e. The second-order valence-corrected chi connectivity index (χ2v) is 7.81.